The van der Waals surface area contributed by atoms with E-state index < -0.39 is 0 Å². The lowest BCUT2D eigenvalue weighted by Crippen LogP contribution is -2.24. The predicted molar refractivity (Wildman–Crippen MR) is 73.5 cm³/mol. The molecule has 94 valence electrons. The van der Waals surface area contributed by atoms with Gasteiger partial charge in [0.05, 0.1) is 17.1 Å². The van der Waals surface area contributed by atoms with E-state index in [2.05, 4.69) is 26.2 Å². The maximum atomic E-state index is 12.0. The van der Waals surface area contributed by atoms with E-state index in [9.17, 15) is 4.79 Å². The molecule has 1 heterocycles. The fourth-order valence-corrected chi connectivity index (χ4v) is 2.08. The molecule has 1 aromatic heterocycles. The summed E-state index contributed by atoms with van der Waals surface area (Å²) in [5.74, 6) is 0.568. The molecule has 0 aliphatic carbocycles. The van der Waals surface area contributed by atoms with Gasteiger partial charge in [-0.15, -0.1) is 0 Å². The van der Waals surface area contributed by atoms with Crippen molar-refractivity contribution in [3.63, 3.8) is 0 Å². The summed E-state index contributed by atoms with van der Waals surface area (Å²) < 4.78 is 2.55. The van der Waals surface area contributed by atoms with Crippen LogP contribution in [0.15, 0.2) is 35.1 Å². The minimum atomic E-state index is -0.218. The number of imidazole rings is 1. The first kappa shape index (κ1) is 13.1. The third-order valence-electron chi connectivity index (χ3n) is 2.52. The van der Waals surface area contributed by atoms with Crippen LogP contribution in [0.5, 0.6) is 0 Å². The van der Waals surface area contributed by atoms with Crippen molar-refractivity contribution < 1.29 is 4.79 Å². The smallest absolute Gasteiger partial charge is 0.253 e. The van der Waals surface area contributed by atoms with E-state index in [4.69, 9.17) is 11.6 Å². The predicted octanol–water partition coefficient (Wildman–Crippen LogP) is 2.77. The standard InChI is InChI=1S/C12H11BrClN3O/c1-17-6-5-15-10(17)7-16-12(18)8-3-2-4-9(13)11(8)14/h2-6H,7H2,1H3,(H,16,18). The van der Waals surface area contributed by atoms with Crippen molar-refractivity contribution in [3.05, 3.63) is 51.5 Å². The summed E-state index contributed by atoms with van der Waals surface area (Å²) in [7, 11) is 1.88. The van der Waals surface area contributed by atoms with Crippen LogP contribution in [0.1, 0.15) is 16.2 Å². The average Bonchev–Trinajstić information content (AvgIpc) is 2.75. The molecule has 2 aromatic rings. The van der Waals surface area contributed by atoms with Crippen LogP contribution in [0.4, 0.5) is 0 Å². The van der Waals surface area contributed by atoms with Crippen molar-refractivity contribution in [2.24, 2.45) is 7.05 Å². The van der Waals surface area contributed by atoms with Crippen molar-refractivity contribution in [2.45, 2.75) is 6.54 Å². The highest BCUT2D eigenvalue weighted by Crippen LogP contribution is 2.25. The zero-order valence-corrected chi connectivity index (χ0v) is 12.0. The summed E-state index contributed by atoms with van der Waals surface area (Å²) in [5.41, 5.74) is 0.445. The lowest BCUT2D eigenvalue weighted by atomic mass is 10.2. The topological polar surface area (TPSA) is 46.9 Å². The molecule has 0 aliphatic heterocycles. The number of carbonyl (C=O) groups is 1. The molecule has 0 spiro atoms. The van der Waals surface area contributed by atoms with Gasteiger partial charge in [0.15, 0.2) is 0 Å². The van der Waals surface area contributed by atoms with E-state index >= 15 is 0 Å². The van der Waals surface area contributed by atoms with Gasteiger partial charge < -0.3 is 9.88 Å². The van der Waals surface area contributed by atoms with Crippen LogP contribution in [0.2, 0.25) is 5.02 Å². The zero-order valence-electron chi connectivity index (χ0n) is 9.65. The zero-order chi connectivity index (χ0) is 13.1. The Bertz CT molecular complexity index is 582. The molecule has 0 fully saturated rings. The third kappa shape index (κ3) is 2.73. The number of nitrogens with zero attached hydrogens (tertiary/aromatic N) is 2. The normalized spacial score (nSPS) is 10.4. The number of hydrogen-bond donors (Lipinski definition) is 1. The van der Waals surface area contributed by atoms with E-state index in [0.29, 0.717) is 21.6 Å². The summed E-state index contributed by atoms with van der Waals surface area (Å²) in [4.78, 5) is 16.1. The molecule has 0 radical (unpaired) electrons. The van der Waals surface area contributed by atoms with Crippen molar-refractivity contribution in [1.29, 1.82) is 0 Å². The summed E-state index contributed by atoms with van der Waals surface area (Å²) in [6.45, 7) is 0.366. The molecule has 18 heavy (non-hydrogen) atoms. The number of nitrogens with one attached hydrogen (secondary N) is 1. The number of aromatic nitrogens is 2. The molecule has 0 saturated carbocycles. The molecule has 0 aliphatic rings. The van der Waals surface area contributed by atoms with Crippen LogP contribution in [0.3, 0.4) is 0 Å². The Hall–Kier alpha value is -1.33. The highest BCUT2D eigenvalue weighted by Gasteiger charge is 2.12. The minimum Gasteiger partial charge on any atom is -0.345 e. The first-order valence-electron chi connectivity index (χ1n) is 5.28. The van der Waals surface area contributed by atoms with E-state index in [1.54, 1.807) is 24.4 Å². The number of benzene rings is 1. The summed E-state index contributed by atoms with van der Waals surface area (Å²) >= 11 is 9.34. The fourth-order valence-electron chi connectivity index (χ4n) is 1.50. The molecule has 1 aromatic carbocycles. The van der Waals surface area contributed by atoms with Crippen molar-refractivity contribution in [1.82, 2.24) is 14.9 Å². The molecule has 0 bridgehead atoms. The number of amides is 1. The van der Waals surface area contributed by atoms with Crippen LogP contribution in [0.25, 0.3) is 0 Å². The van der Waals surface area contributed by atoms with Crippen molar-refractivity contribution in [3.8, 4) is 0 Å². The second-order valence-electron chi connectivity index (χ2n) is 3.74. The minimum absolute atomic E-state index is 0.218. The van der Waals surface area contributed by atoms with Crippen LogP contribution in [-0.4, -0.2) is 15.5 Å². The van der Waals surface area contributed by atoms with E-state index in [1.165, 1.54) is 0 Å². The van der Waals surface area contributed by atoms with Gasteiger partial charge in [-0.1, -0.05) is 17.7 Å². The molecular weight excluding hydrogens is 318 g/mol. The highest BCUT2D eigenvalue weighted by molar-refractivity contribution is 9.10. The molecule has 0 atom stereocenters. The Morgan fingerprint density at radius 3 is 3.00 bits per heavy atom. The SMILES string of the molecule is Cn1ccnc1CNC(=O)c1cccc(Br)c1Cl. The Balaban J connectivity index is 2.09. The molecule has 2 rings (SSSR count). The second-order valence-corrected chi connectivity index (χ2v) is 4.97. The fraction of sp³-hybridized carbons (Fsp3) is 0.167. The maximum absolute atomic E-state index is 12.0. The molecule has 0 unspecified atom stereocenters. The third-order valence-corrected chi connectivity index (χ3v) is 3.82. The highest BCUT2D eigenvalue weighted by atomic mass is 79.9. The molecule has 0 saturated heterocycles. The van der Waals surface area contributed by atoms with Gasteiger partial charge in [0, 0.05) is 23.9 Å². The number of halogens is 2. The van der Waals surface area contributed by atoms with Crippen LogP contribution >= 0.6 is 27.5 Å². The Labute approximate surface area is 118 Å². The van der Waals surface area contributed by atoms with Gasteiger partial charge in [-0.25, -0.2) is 4.98 Å². The van der Waals surface area contributed by atoms with Gasteiger partial charge in [-0.3, -0.25) is 4.79 Å². The maximum Gasteiger partial charge on any atom is 0.253 e. The molecule has 6 heteroatoms. The number of aryl methyl sites for hydroxylation is 1. The van der Waals surface area contributed by atoms with Crippen molar-refractivity contribution in [2.75, 3.05) is 0 Å². The number of rotatable bonds is 3. The van der Waals surface area contributed by atoms with E-state index in [0.717, 1.165) is 5.82 Å². The molecule has 1 amide bonds. The van der Waals surface area contributed by atoms with Crippen LogP contribution < -0.4 is 5.32 Å². The molecule has 4 nitrogen and oxygen atoms in total. The number of hydrogen-bond acceptors (Lipinski definition) is 2. The van der Waals surface area contributed by atoms with E-state index in [1.807, 2.05) is 17.8 Å². The summed E-state index contributed by atoms with van der Waals surface area (Å²) in [6.07, 6.45) is 3.52. The largest absolute Gasteiger partial charge is 0.345 e. The van der Waals surface area contributed by atoms with Crippen LogP contribution in [-0.2, 0) is 13.6 Å². The van der Waals surface area contributed by atoms with Crippen LogP contribution in [0, 0.1) is 0 Å². The van der Waals surface area contributed by atoms with Gasteiger partial charge >= 0.3 is 0 Å². The lowest BCUT2D eigenvalue weighted by molar-refractivity contribution is 0.0949. The second kappa shape index (κ2) is 5.54. The van der Waals surface area contributed by atoms with Crippen molar-refractivity contribution >= 4 is 33.4 Å². The number of carbonyl (C=O) groups excluding carboxylic acids is 1. The van der Waals surface area contributed by atoms with Gasteiger partial charge in [0.1, 0.15) is 5.82 Å². The lowest BCUT2D eigenvalue weighted by Gasteiger charge is -2.07. The Kier molecular flexibility index (Phi) is 4.04. The Morgan fingerprint density at radius 2 is 2.33 bits per heavy atom. The van der Waals surface area contributed by atoms with Gasteiger partial charge in [0.25, 0.3) is 5.91 Å². The van der Waals surface area contributed by atoms with E-state index in [-0.39, 0.29) is 5.91 Å². The van der Waals surface area contributed by atoms with Gasteiger partial charge in [-0.2, -0.15) is 0 Å². The summed E-state index contributed by atoms with van der Waals surface area (Å²) in [6, 6.07) is 5.24. The van der Waals surface area contributed by atoms with Gasteiger partial charge in [-0.05, 0) is 28.1 Å². The molecular formula is C12H11BrClN3O. The first-order valence-corrected chi connectivity index (χ1v) is 6.45. The van der Waals surface area contributed by atoms with Gasteiger partial charge in [0.2, 0.25) is 0 Å². The average molecular weight is 329 g/mol. The first-order chi connectivity index (χ1) is 8.59. The Morgan fingerprint density at radius 1 is 1.56 bits per heavy atom. The summed E-state index contributed by atoms with van der Waals surface area (Å²) in [5, 5.41) is 3.19. The quantitative estimate of drug-likeness (QED) is 0.942. The monoisotopic (exact) mass is 327 g/mol. The molecule has 1 N–H and O–H groups in total.